The molecule has 0 aliphatic carbocycles. The maximum atomic E-state index is 13.0. The number of carbonyl (C=O) groups excluding carboxylic acids is 1. The Morgan fingerprint density at radius 1 is 0.966 bits per heavy atom. The Labute approximate surface area is 183 Å². The first kappa shape index (κ1) is 19.7. The third-order valence-electron chi connectivity index (χ3n) is 5.11. The van der Waals surface area contributed by atoms with Crippen LogP contribution in [0, 0.1) is 0 Å². The Hall–Kier alpha value is -2.56. The second-order valence-corrected chi connectivity index (χ2v) is 8.31. The molecule has 0 saturated heterocycles. The van der Waals surface area contributed by atoms with Crippen LogP contribution < -0.4 is 0 Å². The summed E-state index contributed by atoms with van der Waals surface area (Å²) in [6, 6.07) is 24.7. The third kappa shape index (κ3) is 4.09. The van der Waals surface area contributed by atoms with E-state index in [4.69, 9.17) is 11.6 Å². The fraction of sp³-hybridized carbons (Fsp3) is 0.125. The summed E-state index contributed by atoms with van der Waals surface area (Å²) in [5, 5.41) is 11.4. The maximum absolute atomic E-state index is 13.0. The first-order valence-electron chi connectivity index (χ1n) is 9.34. The number of nitrogens with zero attached hydrogens (tertiary/aromatic N) is 1. The topological polar surface area (TPSA) is 40.5 Å². The normalized spacial score (nSPS) is 16.6. The number of aliphatic hydroxyl groups is 1. The highest BCUT2D eigenvalue weighted by atomic mass is 79.9. The van der Waals surface area contributed by atoms with Crippen molar-refractivity contribution in [1.29, 1.82) is 0 Å². The van der Waals surface area contributed by atoms with Crippen molar-refractivity contribution >= 4 is 39.0 Å². The van der Waals surface area contributed by atoms with Gasteiger partial charge in [-0.05, 0) is 47.4 Å². The van der Waals surface area contributed by atoms with Crippen LogP contribution in [-0.2, 0) is 11.2 Å². The molecule has 146 valence electrons. The van der Waals surface area contributed by atoms with Crippen LogP contribution in [0.4, 0.5) is 0 Å². The molecule has 3 nitrogen and oxygen atoms in total. The van der Waals surface area contributed by atoms with Gasteiger partial charge in [0.2, 0.25) is 0 Å². The van der Waals surface area contributed by atoms with Crippen LogP contribution >= 0.6 is 27.5 Å². The van der Waals surface area contributed by atoms with E-state index in [1.54, 1.807) is 17.0 Å². The molecule has 0 unspecified atom stereocenters. The number of carbonyl (C=O) groups is 1. The zero-order valence-corrected chi connectivity index (χ0v) is 17.9. The van der Waals surface area contributed by atoms with Gasteiger partial charge in [0.15, 0.2) is 5.76 Å². The molecule has 0 fully saturated rings. The number of halogens is 2. The van der Waals surface area contributed by atoms with Crippen molar-refractivity contribution in [2.75, 3.05) is 6.54 Å². The van der Waals surface area contributed by atoms with Crippen molar-refractivity contribution in [2.45, 2.75) is 12.5 Å². The van der Waals surface area contributed by atoms with Crippen LogP contribution in [0.3, 0.4) is 0 Å². The average molecular weight is 469 g/mol. The van der Waals surface area contributed by atoms with Crippen molar-refractivity contribution < 1.29 is 9.90 Å². The number of benzene rings is 3. The molecule has 1 heterocycles. The zero-order valence-electron chi connectivity index (χ0n) is 15.6. The number of amides is 1. The molecule has 1 amide bonds. The molecule has 0 aromatic heterocycles. The molecule has 29 heavy (non-hydrogen) atoms. The molecule has 1 aliphatic rings. The van der Waals surface area contributed by atoms with E-state index in [0.29, 0.717) is 23.6 Å². The molecular weight excluding hydrogens is 450 g/mol. The van der Waals surface area contributed by atoms with E-state index >= 15 is 0 Å². The lowest BCUT2D eigenvalue weighted by atomic mass is 9.93. The lowest BCUT2D eigenvalue weighted by Crippen LogP contribution is -2.32. The first-order chi connectivity index (χ1) is 14.0. The number of aliphatic hydroxyl groups excluding tert-OH is 1. The Balaban J connectivity index is 1.74. The summed E-state index contributed by atoms with van der Waals surface area (Å²) in [5.41, 5.74) is 3.48. The lowest BCUT2D eigenvalue weighted by Gasteiger charge is -2.27. The van der Waals surface area contributed by atoms with Crippen LogP contribution in [-0.4, -0.2) is 22.5 Å². The van der Waals surface area contributed by atoms with Crippen LogP contribution in [0.1, 0.15) is 22.7 Å². The monoisotopic (exact) mass is 467 g/mol. The van der Waals surface area contributed by atoms with Gasteiger partial charge in [0.05, 0.1) is 6.04 Å². The lowest BCUT2D eigenvalue weighted by molar-refractivity contribution is -0.129. The Kier molecular flexibility index (Phi) is 5.74. The molecule has 1 aliphatic heterocycles. The summed E-state index contributed by atoms with van der Waals surface area (Å²) in [5.74, 6) is -0.554. The molecule has 1 N–H and O–H groups in total. The predicted molar refractivity (Wildman–Crippen MR) is 120 cm³/mol. The molecular formula is C24H19BrClNO2. The Bertz CT molecular complexity index is 1060. The number of rotatable bonds is 5. The van der Waals surface area contributed by atoms with E-state index in [9.17, 15) is 9.90 Å². The van der Waals surface area contributed by atoms with Gasteiger partial charge in [-0.2, -0.15) is 0 Å². The molecule has 1 atom stereocenters. The van der Waals surface area contributed by atoms with Gasteiger partial charge in [-0.15, -0.1) is 0 Å². The summed E-state index contributed by atoms with van der Waals surface area (Å²) in [6.07, 6.45) is 0.707. The van der Waals surface area contributed by atoms with Gasteiger partial charge in [-0.1, -0.05) is 82.1 Å². The van der Waals surface area contributed by atoms with Crippen LogP contribution in [0.15, 0.2) is 89.1 Å². The van der Waals surface area contributed by atoms with Gasteiger partial charge >= 0.3 is 0 Å². The highest BCUT2D eigenvalue weighted by molar-refractivity contribution is 9.10. The minimum atomic E-state index is -0.370. The second-order valence-electron chi connectivity index (χ2n) is 6.96. The van der Waals surface area contributed by atoms with E-state index in [2.05, 4.69) is 15.9 Å². The largest absolute Gasteiger partial charge is 0.503 e. The standard InChI is InChI=1S/C24H19BrClNO2/c25-19-8-4-7-18(15-19)22-21(17-9-11-20(26)12-10-17)23(28)24(29)27(22)14-13-16-5-2-1-3-6-16/h1-12,15,22,28H,13-14H2/t22-/m0/s1. The Morgan fingerprint density at radius 3 is 2.38 bits per heavy atom. The van der Waals surface area contributed by atoms with Crippen LogP contribution in [0.25, 0.3) is 5.57 Å². The molecule has 0 saturated carbocycles. The average Bonchev–Trinajstić information content (AvgIpc) is 2.98. The summed E-state index contributed by atoms with van der Waals surface area (Å²) in [4.78, 5) is 14.8. The fourth-order valence-electron chi connectivity index (χ4n) is 3.73. The molecule has 0 radical (unpaired) electrons. The van der Waals surface area contributed by atoms with E-state index in [0.717, 1.165) is 21.2 Å². The van der Waals surface area contributed by atoms with Gasteiger partial charge in [-0.3, -0.25) is 4.79 Å². The molecule has 3 aromatic rings. The summed E-state index contributed by atoms with van der Waals surface area (Å²) in [6.45, 7) is 0.501. The van der Waals surface area contributed by atoms with E-state index in [1.807, 2.05) is 66.7 Å². The number of hydrogen-bond donors (Lipinski definition) is 1. The van der Waals surface area contributed by atoms with Gasteiger partial charge < -0.3 is 10.0 Å². The molecule has 0 spiro atoms. The van der Waals surface area contributed by atoms with Crippen molar-refractivity contribution in [3.63, 3.8) is 0 Å². The number of hydrogen-bond acceptors (Lipinski definition) is 2. The van der Waals surface area contributed by atoms with E-state index in [1.165, 1.54) is 0 Å². The highest BCUT2D eigenvalue weighted by Gasteiger charge is 2.40. The zero-order chi connectivity index (χ0) is 20.4. The SMILES string of the molecule is O=C1C(O)=C(c2ccc(Cl)cc2)[C@H](c2cccc(Br)c2)N1CCc1ccccc1. The smallest absolute Gasteiger partial charge is 0.289 e. The van der Waals surface area contributed by atoms with Crippen LogP contribution in [0.2, 0.25) is 5.02 Å². The van der Waals surface area contributed by atoms with Crippen molar-refractivity contribution in [3.8, 4) is 0 Å². The van der Waals surface area contributed by atoms with Crippen molar-refractivity contribution in [3.05, 3.63) is 111 Å². The fourth-order valence-corrected chi connectivity index (χ4v) is 4.27. The van der Waals surface area contributed by atoms with E-state index in [-0.39, 0.29) is 17.7 Å². The second kappa shape index (κ2) is 8.44. The molecule has 0 bridgehead atoms. The predicted octanol–water partition coefficient (Wildman–Crippen LogP) is 6.20. The quantitative estimate of drug-likeness (QED) is 0.484. The van der Waals surface area contributed by atoms with Gasteiger partial charge in [0.1, 0.15) is 0 Å². The minimum absolute atomic E-state index is 0.203. The minimum Gasteiger partial charge on any atom is -0.503 e. The summed E-state index contributed by atoms with van der Waals surface area (Å²) in [7, 11) is 0. The highest BCUT2D eigenvalue weighted by Crippen LogP contribution is 2.43. The van der Waals surface area contributed by atoms with E-state index < -0.39 is 0 Å². The Morgan fingerprint density at radius 2 is 1.69 bits per heavy atom. The molecule has 4 rings (SSSR count). The maximum Gasteiger partial charge on any atom is 0.289 e. The molecule has 5 heteroatoms. The van der Waals surface area contributed by atoms with Gasteiger partial charge in [0, 0.05) is 21.6 Å². The first-order valence-corrected chi connectivity index (χ1v) is 10.5. The summed E-state index contributed by atoms with van der Waals surface area (Å²) < 4.78 is 0.923. The van der Waals surface area contributed by atoms with Gasteiger partial charge in [0.25, 0.3) is 5.91 Å². The van der Waals surface area contributed by atoms with Crippen molar-refractivity contribution in [1.82, 2.24) is 4.90 Å². The summed E-state index contributed by atoms with van der Waals surface area (Å²) >= 11 is 9.56. The van der Waals surface area contributed by atoms with Crippen LogP contribution in [0.5, 0.6) is 0 Å². The van der Waals surface area contributed by atoms with Crippen molar-refractivity contribution in [2.24, 2.45) is 0 Å². The van der Waals surface area contributed by atoms with Gasteiger partial charge in [-0.25, -0.2) is 0 Å². The molecule has 3 aromatic carbocycles. The third-order valence-corrected chi connectivity index (χ3v) is 5.85.